The summed E-state index contributed by atoms with van der Waals surface area (Å²) in [6.07, 6.45) is 3.57. The highest BCUT2D eigenvalue weighted by molar-refractivity contribution is 9.10. The summed E-state index contributed by atoms with van der Waals surface area (Å²) in [5.74, 6) is 1.64. The molecule has 3 rings (SSSR count). The number of halogens is 1. The molecular formula is C19H24BrN7. The summed E-state index contributed by atoms with van der Waals surface area (Å²) in [7, 11) is 4.10. The smallest absolute Gasteiger partial charge is 0.194 e. The first-order chi connectivity index (χ1) is 13.1. The Morgan fingerprint density at radius 3 is 2.89 bits per heavy atom. The topological polar surface area (TPSA) is 74.1 Å². The minimum Gasteiger partial charge on any atom is -0.357 e. The summed E-state index contributed by atoms with van der Waals surface area (Å²) in [6.45, 7) is 4.25. The molecule has 0 aliphatic carbocycles. The summed E-state index contributed by atoms with van der Waals surface area (Å²) in [5, 5.41) is 10.2. The summed E-state index contributed by atoms with van der Waals surface area (Å²) >= 11 is 3.53. The standard InChI is InChI=1S/C19H24BrN7/c1-4-21-19(27(3)12-17-9-16(20)11-26(17)2)22-10-14-6-5-7-15(8-14)18-23-13-24-25-18/h5-9,11,13H,4,10,12H2,1-3H3,(H,21,22)(H,23,24,25). The quantitative estimate of drug-likeness (QED) is 0.466. The van der Waals surface area contributed by atoms with Gasteiger partial charge in [-0.1, -0.05) is 18.2 Å². The number of hydrogen-bond acceptors (Lipinski definition) is 3. The van der Waals surface area contributed by atoms with Crippen LogP contribution in [-0.2, 0) is 20.1 Å². The van der Waals surface area contributed by atoms with Crippen LogP contribution in [0.15, 0.2) is 52.3 Å². The zero-order valence-electron chi connectivity index (χ0n) is 15.8. The maximum absolute atomic E-state index is 4.80. The molecule has 0 spiro atoms. The highest BCUT2D eigenvalue weighted by atomic mass is 79.9. The maximum atomic E-state index is 4.80. The van der Waals surface area contributed by atoms with Crippen LogP contribution < -0.4 is 5.32 Å². The molecule has 2 aromatic heterocycles. The second kappa shape index (κ2) is 8.85. The molecular weight excluding hydrogens is 406 g/mol. The summed E-state index contributed by atoms with van der Waals surface area (Å²) in [5.41, 5.74) is 3.34. The van der Waals surface area contributed by atoms with Gasteiger partial charge in [0, 0.05) is 42.6 Å². The van der Waals surface area contributed by atoms with Gasteiger partial charge < -0.3 is 14.8 Å². The number of guanidine groups is 1. The average Bonchev–Trinajstić information content (AvgIpc) is 3.29. The minimum atomic E-state index is 0.589. The number of aliphatic imine (C=N–C) groups is 1. The van der Waals surface area contributed by atoms with Crippen molar-refractivity contribution in [2.45, 2.75) is 20.0 Å². The molecule has 0 radical (unpaired) electrons. The Hall–Kier alpha value is -2.61. The van der Waals surface area contributed by atoms with Gasteiger partial charge in [-0.3, -0.25) is 5.10 Å². The Kier molecular flexibility index (Phi) is 6.28. The maximum Gasteiger partial charge on any atom is 0.194 e. The molecule has 0 amide bonds. The highest BCUT2D eigenvalue weighted by Crippen LogP contribution is 2.17. The number of aromatic nitrogens is 4. The van der Waals surface area contributed by atoms with Crippen LogP contribution in [0.5, 0.6) is 0 Å². The lowest BCUT2D eigenvalue weighted by atomic mass is 10.1. The number of rotatable bonds is 6. The van der Waals surface area contributed by atoms with Crippen LogP contribution in [0.4, 0.5) is 0 Å². The molecule has 0 aliphatic heterocycles. The van der Waals surface area contributed by atoms with Crippen LogP contribution in [-0.4, -0.2) is 44.2 Å². The lowest BCUT2D eigenvalue weighted by molar-refractivity contribution is 0.462. The first-order valence-electron chi connectivity index (χ1n) is 8.81. The Balaban J connectivity index is 1.73. The molecule has 0 saturated carbocycles. The number of aromatic amines is 1. The zero-order chi connectivity index (χ0) is 19.2. The van der Waals surface area contributed by atoms with Gasteiger partial charge in [0.05, 0.1) is 13.1 Å². The Labute approximate surface area is 167 Å². The van der Waals surface area contributed by atoms with Crippen molar-refractivity contribution < 1.29 is 0 Å². The molecule has 0 atom stereocenters. The van der Waals surface area contributed by atoms with E-state index in [1.54, 1.807) is 0 Å². The molecule has 2 heterocycles. The third-order valence-electron chi connectivity index (χ3n) is 4.20. The molecule has 0 unspecified atom stereocenters. The van der Waals surface area contributed by atoms with E-state index in [4.69, 9.17) is 4.99 Å². The lowest BCUT2D eigenvalue weighted by Gasteiger charge is -2.22. The fourth-order valence-corrected chi connectivity index (χ4v) is 3.41. The zero-order valence-corrected chi connectivity index (χ0v) is 17.4. The summed E-state index contributed by atoms with van der Waals surface area (Å²) in [6, 6.07) is 10.3. The molecule has 0 saturated heterocycles. The fraction of sp³-hybridized carbons (Fsp3) is 0.316. The molecule has 27 heavy (non-hydrogen) atoms. The normalized spacial score (nSPS) is 11.6. The summed E-state index contributed by atoms with van der Waals surface area (Å²) < 4.78 is 3.20. The Bertz CT molecular complexity index is 899. The second-order valence-corrected chi connectivity index (χ2v) is 7.24. The molecule has 8 heteroatoms. The van der Waals surface area contributed by atoms with Crippen molar-refractivity contribution in [1.82, 2.24) is 30.0 Å². The van der Waals surface area contributed by atoms with Gasteiger partial charge in [-0.25, -0.2) is 9.98 Å². The van der Waals surface area contributed by atoms with E-state index in [1.165, 1.54) is 12.0 Å². The van der Waals surface area contributed by atoms with E-state index in [-0.39, 0.29) is 0 Å². The van der Waals surface area contributed by atoms with Crippen LogP contribution in [0.25, 0.3) is 11.4 Å². The lowest BCUT2D eigenvalue weighted by Crippen LogP contribution is -2.38. The molecule has 2 N–H and O–H groups in total. The molecule has 3 aromatic rings. The van der Waals surface area contributed by atoms with E-state index in [0.717, 1.165) is 40.5 Å². The SMILES string of the molecule is CCNC(=NCc1cccc(-c2ncn[nH]2)c1)N(C)Cc1cc(Br)cn1C. The molecule has 142 valence electrons. The van der Waals surface area contributed by atoms with Gasteiger partial charge in [-0.05, 0) is 40.5 Å². The van der Waals surface area contributed by atoms with Crippen molar-refractivity contribution in [2.24, 2.45) is 12.0 Å². The Morgan fingerprint density at radius 1 is 1.37 bits per heavy atom. The van der Waals surface area contributed by atoms with Crippen LogP contribution in [0.2, 0.25) is 0 Å². The van der Waals surface area contributed by atoms with Crippen molar-refractivity contribution in [3.63, 3.8) is 0 Å². The number of aryl methyl sites for hydroxylation is 1. The summed E-state index contributed by atoms with van der Waals surface area (Å²) in [4.78, 5) is 11.1. The van der Waals surface area contributed by atoms with E-state index in [9.17, 15) is 0 Å². The third-order valence-corrected chi connectivity index (χ3v) is 4.63. The van der Waals surface area contributed by atoms with Crippen molar-refractivity contribution >= 4 is 21.9 Å². The second-order valence-electron chi connectivity index (χ2n) is 6.32. The number of benzene rings is 1. The van der Waals surface area contributed by atoms with Crippen molar-refractivity contribution in [1.29, 1.82) is 0 Å². The van der Waals surface area contributed by atoms with Crippen molar-refractivity contribution in [3.8, 4) is 11.4 Å². The Morgan fingerprint density at radius 2 is 2.22 bits per heavy atom. The van der Waals surface area contributed by atoms with E-state index in [1.807, 2.05) is 26.2 Å². The van der Waals surface area contributed by atoms with Crippen LogP contribution in [0.3, 0.4) is 0 Å². The number of H-pyrrole nitrogens is 1. The first-order valence-corrected chi connectivity index (χ1v) is 9.61. The van der Waals surface area contributed by atoms with Crippen molar-refractivity contribution in [2.75, 3.05) is 13.6 Å². The molecule has 0 aliphatic rings. The predicted molar refractivity (Wildman–Crippen MR) is 111 cm³/mol. The largest absolute Gasteiger partial charge is 0.357 e. The van der Waals surface area contributed by atoms with Gasteiger partial charge in [0.2, 0.25) is 0 Å². The van der Waals surface area contributed by atoms with Gasteiger partial charge in [-0.15, -0.1) is 0 Å². The molecule has 0 fully saturated rings. The van der Waals surface area contributed by atoms with E-state index < -0.39 is 0 Å². The number of nitrogens with one attached hydrogen (secondary N) is 2. The first kappa shape index (κ1) is 19.2. The molecule has 1 aromatic carbocycles. The van der Waals surface area contributed by atoms with Crippen LogP contribution >= 0.6 is 15.9 Å². The predicted octanol–water partition coefficient (Wildman–Crippen LogP) is 3.17. The van der Waals surface area contributed by atoms with E-state index >= 15 is 0 Å². The average molecular weight is 430 g/mol. The van der Waals surface area contributed by atoms with E-state index in [0.29, 0.717) is 6.54 Å². The van der Waals surface area contributed by atoms with Gasteiger partial charge in [-0.2, -0.15) is 5.10 Å². The van der Waals surface area contributed by atoms with Crippen LogP contribution in [0.1, 0.15) is 18.2 Å². The third kappa shape index (κ3) is 4.97. The minimum absolute atomic E-state index is 0.589. The highest BCUT2D eigenvalue weighted by Gasteiger charge is 2.10. The monoisotopic (exact) mass is 429 g/mol. The number of nitrogens with zero attached hydrogens (tertiary/aromatic N) is 5. The number of hydrogen-bond donors (Lipinski definition) is 2. The van der Waals surface area contributed by atoms with E-state index in [2.05, 4.69) is 77.2 Å². The van der Waals surface area contributed by atoms with Gasteiger partial charge >= 0.3 is 0 Å². The fourth-order valence-electron chi connectivity index (χ4n) is 2.84. The van der Waals surface area contributed by atoms with Gasteiger partial charge in [0.15, 0.2) is 11.8 Å². The van der Waals surface area contributed by atoms with Crippen molar-refractivity contribution in [3.05, 3.63) is 58.6 Å². The molecule has 0 bridgehead atoms. The van der Waals surface area contributed by atoms with Gasteiger partial charge in [0.1, 0.15) is 6.33 Å². The van der Waals surface area contributed by atoms with Crippen LogP contribution in [0, 0.1) is 0 Å². The van der Waals surface area contributed by atoms with Gasteiger partial charge in [0.25, 0.3) is 0 Å². The molecule has 7 nitrogen and oxygen atoms in total.